The Balaban J connectivity index is 1.80. The second kappa shape index (κ2) is 4.82. The molecule has 1 aliphatic rings. The molecular formula is C14H13FN4. The van der Waals surface area contributed by atoms with E-state index in [0.29, 0.717) is 12.1 Å². The summed E-state index contributed by atoms with van der Waals surface area (Å²) < 4.78 is 15.4. The summed E-state index contributed by atoms with van der Waals surface area (Å²) in [4.78, 5) is 6.47. The number of hydrogen-bond donors (Lipinski definition) is 0. The van der Waals surface area contributed by atoms with E-state index in [1.165, 1.54) is 18.2 Å². The molecule has 1 aromatic heterocycles. The van der Waals surface area contributed by atoms with Crippen molar-refractivity contribution >= 4 is 0 Å². The first-order valence-corrected chi connectivity index (χ1v) is 6.17. The van der Waals surface area contributed by atoms with Crippen molar-refractivity contribution in [1.82, 2.24) is 14.5 Å². The third kappa shape index (κ3) is 2.35. The van der Waals surface area contributed by atoms with Gasteiger partial charge in [0.1, 0.15) is 11.6 Å². The van der Waals surface area contributed by atoms with Crippen LogP contribution in [-0.4, -0.2) is 21.0 Å². The summed E-state index contributed by atoms with van der Waals surface area (Å²) in [7, 11) is 0. The second-order valence-corrected chi connectivity index (χ2v) is 4.66. The van der Waals surface area contributed by atoms with E-state index in [0.717, 1.165) is 31.0 Å². The SMILES string of the molecule is N#Cc1ccc(F)cc1CN1CCn2ccnc2C1. The molecule has 3 rings (SSSR count). The maximum atomic E-state index is 13.3. The molecule has 0 fully saturated rings. The third-order valence-corrected chi connectivity index (χ3v) is 3.41. The maximum Gasteiger partial charge on any atom is 0.123 e. The lowest BCUT2D eigenvalue weighted by atomic mass is 10.1. The Morgan fingerprint density at radius 2 is 2.26 bits per heavy atom. The van der Waals surface area contributed by atoms with Gasteiger partial charge < -0.3 is 4.57 Å². The lowest BCUT2D eigenvalue weighted by Crippen LogP contribution is -2.33. The van der Waals surface area contributed by atoms with Gasteiger partial charge in [-0.05, 0) is 23.8 Å². The van der Waals surface area contributed by atoms with E-state index in [1.54, 1.807) is 6.20 Å². The quantitative estimate of drug-likeness (QED) is 0.824. The molecule has 4 nitrogen and oxygen atoms in total. The summed E-state index contributed by atoms with van der Waals surface area (Å²) in [5, 5.41) is 9.06. The zero-order chi connectivity index (χ0) is 13.2. The monoisotopic (exact) mass is 256 g/mol. The van der Waals surface area contributed by atoms with Gasteiger partial charge >= 0.3 is 0 Å². The zero-order valence-corrected chi connectivity index (χ0v) is 10.4. The Morgan fingerprint density at radius 3 is 3.11 bits per heavy atom. The fourth-order valence-electron chi connectivity index (χ4n) is 2.40. The number of halogens is 1. The number of fused-ring (bicyclic) bond motifs is 1. The molecule has 2 heterocycles. The number of aromatic nitrogens is 2. The zero-order valence-electron chi connectivity index (χ0n) is 10.4. The molecule has 0 saturated heterocycles. The average Bonchev–Trinajstić information content (AvgIpc) is 2.86. The minimum Gasteiger partial charge on any atom is -0.333 e. The summed E-state index contributed by atoms with van der Waals surface area (Å²) in [5.74, 6) is 0.716. The van der Waals surface area contributed by atoms with Crippen molar-refractivity contribution in [3.8, 4) is 6.07 Å². The van der Waals surface area contributed by atoms with E-state index in [4.69, 9.17) is 5.26 Å². The molecule has 0 unspecified atom stereocenters. The van der Waals surface area contributed by atoms with Gasteiger partial charge in [0, 0.05) is 32.0 Å². The maximum absolute atomic E-state index is 13.3. The molecule has 1 aromatic carbocycles. The van der Waals surface area contributed by atoms with E-state index < -0.39 is 0 Å². The Hall–Kier alpha value is -2.19. The molecule has 96 valence electrons. The average molecular weight is 256 g/mol. The summed E-state index contributed by atoms with van der Waals surface area (Å²) in [6.45, 7) is 3.07. The number of imidazole rings is 1. The van der Waals surface area contributed by atoms with Crippen LogP contribution >= 0.6 is 0 Å². The van der Waals surface area contributed by atoms with Crippen LogP contribution in [-0.2, 0) is 19.6 Å². The predicted molar refractivity (Wildman–Crippen MR) is 67.5 cm³/mol. The van der Waals surface area contributed by atoms with E-state index in [-0.39, 0.29) is 5.82 Å². The molecule has 0 radical (unpaired) electrons. The molecule has 0 spiro atoms. The molecule has 0 saturated carbocycles. The number of nitrogens with zero attached hydrogens (tertiary/aromatic N) is 4. The highest BCUT2D eigenvalue weighted by Gasteiger charge is 2.17. The Labute approximate surface area is 110 Å². The van der Waals surface area contributed by atoms with Gasteiger partial charge in [0.05, 0.1) is 18.2 Å². The minimum atomic E-state index is -0.299. The summed E-state index contributed by atoms with van der Waals surface area (Å²) in [6, 6.07) is 6.42. The fourth-order valence-corrected chi connectivity index (χ4v) is 2.40. The summed E-state index contributed by atoms with van der Waals surface area (Å²) in [6.07, 6.45) is 3.76. The van der Waals surface area contributed by atoms with Crippen molar-refractivity contribution in [2.75, 3.05) is 6.54 Å². The van der Waals surface area contributed by atoms with E-state index in [9.17, 15) is 4.39 Å². The molecule has 0 atom stereocenters. The number of rotatable bonds is 2. The summed E-state index contributed by atoms with van der Waals surface area (Å²) in [5.41, 5.74) is 1.28. The van der Waals surface area contributed by atoms with Crippen molar-refractivity contribution in [3.05, 3.63) is 53.4 Å². The highest BCUT2D eigenvalue weighted by molar-refractivity contribution is 5.37. The number of benzene rings is 1. The van der Waals surface area contributed by atoms with Gasteiger partial charge in [0.25, 0.3) is 0 Å². The topological polar surface area (TPSA) is 44.9 Å². The highest BCUT2D eigenvalue weighted by Crippen LogP contribution is 2.17. The molecular weight excluding hydrogens is 243 g/mol. The third-order valence-electron chi connectivity index (χ3n) is 3.41. The molecule has 0 N–H and O–H groups in total. The van der Waals surface area contributed by atoms with Gasteiger partial charge in [-0.2, -0.15) is 5.26 Å². The highest BCUT2D eigenvalue weighted by atomic mass is 19.1. The van der Waals surface area contributed by atoms with Crippen molar-refractivity contribution in [2.24, 2.45) is 0 Å². The molecule has 0 aliphatic carbocycles. The van der Waals surface area contributed by atoms with Gasteiger partial charge in [-0.15, -0.1) is 0 Å². The standard InChI is InChI=1S/C14H13FN4/c15-13-2-1-11(8-16)12(7-13)9-18-5-6-19-4-3-17-14(19)10-18/h1-4,7H,5-6,9-10H2. The minimum absolute atomic E-state index is 0.299. The van der Waals surface area contributed by atoms with Crippen LogP contribution < -0.4 is 0 Å². The van der Waals surface area contributed by atoms with Gasteiger partial charge in [-0.1, -0.05) is 0 Å². The van der Waals surface area contributed by atoms with Gasteiger partial charge in [0.2, 0.25) is 0 Å². The number of nitriles is 1. The summed E-state index contributed by atoms with van der Waals surface area (Å²) >= 11 is 0. The van der Waals surface area contributed by atoms with Gasteiger partial charge in [-0.3, -0.25) is 4.90 Å². The van der Waals surface area contributed by atoms with Crippen LogP contribution in [0.4, 0.5) is 4.39 Å². The largest absolute Gasteiger partial charge is 0.333 e. The van der Waals surface area contributed by atoms with Crippen LogP contribution in [0.1, 0.15) is 17.0 Å². The molecule has 2 aromatic rings. The van der Waals surface area contributed by atoms with Gasteiger partial charge in [0.15, 0.2) is 0 Å². The van der Waals surface area contributed by atoms with Crippen molar-refractivity contribution in [1.29, 1.82) is 5.26 Å². The van der Waals surface area contributed by atoms with Crippen molar-refractivity contribution in [2.45, 2.75) is 19.6 Å². The first-order valence-electron chi connectivity index (χ1n) is 6.17. The molecule has 19 heavy (non-hydrogen) atoms. The Kier molecular flexibility index (Phi) is 3.02. The van der Waals surface area contributed by atoms with Crippen molar-refractivity contribution in [3.63, 3.8) is 0 Å². The molecule has 0 amide bonds. The van der Waals surface area contributed by atoms with Crippen LogP contribution in [0.2, 0.25) is 0 Å². The van der Waals surface area contributed by atoms with E-state index in [2.05, 4.69) is 20.5 Å². The van der Waals surface area contributed by atoms with Gasteiger partial charge in [-0.25, -0.2) is 9.37 Å². The Bertz CT molecular complexity index is 641. The Morgan fingerprint density at radius 1 is 1.37 bits per heavy atom. The molecule has 1 aliphatic heterocycles. The van der Waals surface area contributed by atoms with E-state index in [1.807, 2.05) is 6.20 Å². The second-order valence-electron chi connectivity index (χ2n) is 4.66. The molecule has 5 heteroatoms. The smallest absolute Gasteiger partial charge is 0.123 e. The lowest BCUT2D eigenvalue weighted by molar-refractivity contribution is 0.208. The number of hydrogen-bond acceptors (Lipinski definition) is 3. The first-order chi connectivity index (χ1) is 9.26. The van der Waals surface area contributed by atoms with Crippen LogP contribution in [0.15, 0.2) is 30.6 Å². The van der Waals surface area contributed by atoms with Crippen LogP contribution in [0.3, 0.4) is 0 Å². The normalized spacial score (nSPS) is 14.9. The molecule has 0 bridgehead atoms. The van der Waals surface area contributed by atoms with Crippen LogP contribution in [0.5, 0.6) is 0 Å². The fraction of sp³-hybridized carbons (Fsp3) is 0.286. The van der Waals surface area contributed by atoms with Crippen molar-refractivity contribution < 1.29 is 4.39 Å². The van der Waals surface area contributed by atoms with Crippen LogP contribution in [0.25, 0.3) is 0 Å². The van der Waals surface area contributed by atoms with E-state index >= 15 is 0 Å². The lowest BCUT2D eigenvalue weighted by Gasteiger charge is -2.27. The van der Waals surface area contributed by atoms with Crippen LogP contribution in [0, 0.1) is 17.1 Å². The first kappa shape index (κ1) is 11.9. The predicted octanol–water partition coefficient (Wildman–Crippen LogP) is 1.91.